The molecule has 34 heavy (non-hydrogen) atoms. The van der Waals surface area contributed by atoms with Gasteiger partial charge in [0.05, 0.1) is 26.4 Å². The second-order valence-corrected chi connectivity index (χ2v) is 15.6. The Balaban J connectivity index is 2.16. The van der Waals surface area contributed by atoms with E-state index in [4.69, 9.17) is 18.6 Å². The number of carbonyl (C=O) groups is 2. The van der Waals surface area contributed by atoms with Crippen molar-refractivity contribution in [1.82, 2.24) is 4.90 Å². The van der Waals surface area contributed by atoms with E-state index in [0.29, 0.717) is 6.61 Å². The minimum atomic E-state index is -1.97. The molecule has 0 saturated carbocycles. The molecule has 2 rings (SSSR count). The molecule has 0 N–H and O–H groups in total. The van der Waals surface area contributed by atoms with Gasteiger partial charge in [0, 0.05) is 6.42 Å². The maximum Gasteiger partial charge on any atom is 0.417 e. The van der Waals surface area contributed by atoms with Gasteiger partial charge in [-0.25, -0.2) is 9.69 Å². The Morgan fingerprint density at radius 2 is 1.85 bits per heavy atom. The van der Waals surface area contributed by atoms with E-state index in [1.165, 1.54) is 4.90 Å². The zero-order valence-corrected chi connectivity index (χ0v) is 23.0. The summed E-state index contributed by atoms with van der Waals surface area (Å²) in [6, 6.07) is 7.14. The molecular formula is C26H41NO6Si. The first kappa shape index (κ1) is 28.1. The van der Waals surface area contributed by atoms with Gasteiger partial charge in [-0.15, -0.1) is 0 Å². The predicted octanol–water partition coefficient (Wildman–Crippen LogP) is 5.55. The zero-order valence-electron chi connectivity index (χ0n) is 22.0. The number of imide groups is 1. The average Bonchev–Trinajstić information content (AvgIpc) is 3.16. The monoisotopic (exact) mass is 491 g/mol. The Morgan fingerprint density at radius 1 is 1.24 bits per heavy atom. The maximum atomic E-state index is 13.5. The summed E-state index contributed by atoms with van der Waals surface area (Å²) in [5.74, 6) is 0.415. The van der Waals surface area contributed by atoms with Gasteiger partial charge in [0.15, 0.2) is 8.32 Å². The number of benzene rings is 1. The van der Waals surface area contributed by atoms with Gasteiger partial charge >= 0.3 is 6.09 Å². The first-order chi connectivity index (χ1) is 15.8. The van der Waals surface area contributed by atoms with Gasteiger partial charge in [-0.05, 0) is 41.7 Å². The fourth-order valence-corrected chi connectivity index (χ4v) is 4.29. The molecule has 1 aliphatic rings. The lowest BCUT2D eigenvalue weighted by Crippen LogP contribution is -2.47. The maximum absolute atomic E-state index is 13.5. The summed E-state index contributed by atoms with van der Waals surface area (Å²) in [5, 5.41) is 0.0666. The molecule has 2 amide bonds. The molecule has 8 heteroatoms. The molecule has 0 aromatic heterocycles. The lowest BCUT2D eigenvalue weighted by molar-refractivity contribution is -0.143. The second kappa shape index (κ2) is 11.5. The molecule has 1 saturated heterocycles. The molecule has 0 bridgehead atoms. The van der Waals surface area contributed by atoms with Crippen molar-refractivity contribution in [2.24, 2.45) is 5.92 Å². The molecule has 0 radical (unpaired) electrons. The summed E-state index contributed by atoms with van der Waals surface area (Å²) in [5.41, 5.74) is 1.65. The van der Waals surface area contributed by atoms with Gasteiger partial charge in [0.1, 0.15) is 18.5 Å². The van der Waals surface area contributed by atoms with Crippen molar-refractivity contribution >= 4 is 20.3 Å². The molecule has 1 aliphatic heterocycles. The Bertz CT molecular complexity index is 859. The van der Waals surface area contributed by atoms with Crippen LogP contribution in [0.4, 0.5) is 4.79 Å². The predicted molar refractivity (Wildman–Crippen MR) is 135 cm³/mol. The largest absolute Gasteiger partial charge is 0.497 e. The van der Waals surface area contributed by atoms with Crippen LogP contribution in [0.25, 0.3) is 0 Å². The number of cyclic esters (lactones) is 1. The van der Waals surface area contributed by atoms with Crippen LogP contribution in [0.1, 0.15) is 46.6 Å². The zero-order chi connectivity index (χ0) is 25.7. The molecule has 1 aromatic rings. The van der Waals surface area contributed by atoms with E-state index in [-0.39, 0.29) is 36.6 Å². The van der Waals surface area contributed by atoms with Crippen LogP contribution >= 0.6 is 0 Å². The number of hydrogen-bond acceptors (Lipinski definition) is 6. The number of rotatable bonds is 11. The summed E-state index contributed by atoms with van der Waals surface area (Å²) >= 11 is 0. The molecular weight excluding hydrogens is 450 g/mol. The van der Waals surface area contributed by atoms with E-state index in [9.17, 15) is 9.59 Å². The molecule has 1 fully saturated rings. The lowest BCUT2D eigenvalue weighted by atomic mass is 10.0. The van der Waals surface area contributed by atoms with Gasteiger partial charge in [-0.1, -0.05) is 58.9 Å². The number of hydrogen-bond donors (Lipinski definition) is 0. The third-order valence-corrected chi connectivity index (χ3v) is 11.2. The van der Waals surface area contributed by atoms with E-state index in [2.05, 4.69) is 40.4 Å². The van der Waals surface area contributed by atoms with E-state index in [0.717, 1.165) is 16.9 Å². The highest BCUT2D eigenvalue weighted by molar-refractivity contribution is 6.74. The Kier molecular flexibility index (Phi) is 9.50. The number of ether oxygens (including phenoxy) is 3. The topological polar surface area (TPSA) is 74.3 Å². The third-order valence-electron chi connectivity index (χ3n) is 6.72. The molecule has 190 valence electrons. The van der Waals surface area contributed by atoms with Crippen LogP contribution in [-0.4, -0.2) is 57.7 Å². The van der Waals surface area contributed by atoms with Crippen molar-refractivity contribution in [1.29, 1.82) is 0 Å². The van der Waals surface area contributed by atoms with E-state index in [1.807, 2.05) is 38.1 Å². The van der Waals surface area contributed by atoms with Crippen molar-refractivity contribution in [3.8, 4) is 5.75 Å². The molecule has 0 aliphatic carbocycles. The van der Waals surface area contributed by atoms with E-state index in [1.54, 1.807) is 7.11 Å². The SMILES string of the molecule is C=C(CO[Si](C)(C)C(C)(C)C)C[C@H](OCc1ccc(OC)cc1)C(=O)N1C(=O)OC[C@H]1C(C)C. The molecule has 2 atom stereocenters. The number of nitrogens with zero attached hydrogens (tertiary/aromatic N) is 1. The number of methoxy groups -OCH3 is 1. The minimum absolute atomic E-state index is 0.0666. The highest BCUT2D eigenvalue weighted by atomic mass is 28.4. The lowest BCUT2D eigenvalue weighted by Gasteiger charge is -2.36. The summed E-state index contributed by atoms with van der Waals surface area (Å²) in [6.07, 6.45) is -1.23. The van der Waals surface area contributed by atoms with Crippen LogP contribution in [0.3, 0.4) is 0 Å². The summed E-state index contributed by atoms with van der Waals surface area (Å²) in [7, 11) is -0.363. The standard InChI is InChI=1S/C26H41NO6Si/c1-18(2)22-17-32-25(29)27(22)24(28)23(31-16-20-10-12-21(30-7)13-11-20)14-19(3)15-33-34(8,9)26(4,5)6/h10-13,18,22-23H,3,14-17H2,1-2,4-9H3/t22-,23-/m0/s1. The Morgan fingerprint density at radius 3 is 2.38 bits per heavy atom. The van der Waals surface area contributed by atoms with Crippen LogP contribution in [0.2, 0.25) is 18.1 Å². The number of carbonyl (C=O) groups excluding carboxylic acids is 2. The summed E-state index contributed by atoms with van der Waals surface area (Å²) in [6.45, 7) is 19.7. The van der Waals surface area contributed by atoms with Crippen molar-refractivity contribution in [2.75, 3.05) is 20.3 Å². The summed E-state index contributed by atoms with van der Waals surface area (Å²) in [4.78, 5) is 27.1. The Hall–Kier alpha value is -2.16. The second-order valence-electron chi connectivity index (χ2n) is 10.7. The van der Waals surface area contributed by atoms with Crippen molar-refractivity contribution in [2.45, 2.75) is 77.9 Å². The average molecular weight is 492 g/mol. The van der Waals surface area contributed by atoms with Gasteiger partial charge in [0.25, 0.3) is 5.91 Å². The number of amides is 2. The Labute approximate surface area is 205 Å². The molecule has 7 nitrogen and oxygen atoms in total. The quantitative estimate of drug-likeness (QED) is 0.298. The minimum Gasteiger partial charge on any atom is -0.497 e. The summed E-state index contributed by atoms with van der Waals surface area (Å²) < 4.78 is 22.8. The van der Waals surface area contributed by atoms with Crippen LogP contribution < -0.4 is 4.74 Å². The van der Waals surface area contributed by atoms with Crippen LogP contribution in [-0.2, 0) is 25.3 Å². The van der Waals surface area contributed by atoms with Crippen molar-refractivity contribution in [3.05, 3.63) is 42.0 Å². The van der Waals surface area contributed by atoms with Gasteiger partial charge in [-0.3, -0.25) is 4.79 Å². The van der Waals surface area contributed by atoms with Gasteiger partial charge in [0.2, 0.25) is 0 Å². The molecule has 0 unspecified atom stereocenters. The van der Waals surface area contributed by atoms with Crippen molar-refractivity contribution < 1.29 is 28.2 Å². The van der Waals surface area contributed by atoms with Crippen LogP contribution in [0.5, 0.6) is 5.75 Å². The normalized spacial score (nSPS) is 17.6. The molecule has 1 heterocycles. The molecule has 1 aromatic carbocycles. The van der Waals surface area contributed by atoms with E-state index >= 15 is 0 Å². The highest BCUT2D eigenvalue weighted by Gasteiger charge is 2.43. The van der Waals surface area contributed by atoms with Crippen molar-refractivity contribution in [3.63, 3.8) is 0 Å². The fourth-order valence-electron chi connectivity index (χ4n) is 3.29. The fraction of sp³-hybridized carbons (Fsp3) is 0.615. The molecule has 0 spiro atoms. The first-order valence-corrected chi connectivity index (χ1v) is 14.7. The third kappa shape index (κ3) is 7.17. The van der Waals surface area contributed by atoms with Gasteiger partial charge < -0.3 is 18.6 Å². The van der Waals surface area contributed by atoms with Gasteiger partial charge in [-0.2, -0.15) is 0 Å². The smallest absolute Gasteiger partial charge is 0.417 e. The highest BCUT2D eigenvalue weighted by Crippen LogP contribution is 2.37. The van der Waals surface area contributed by atoms with E-state index < -0.39 is 26.4 Å². The van der Waals surface area contributed by atoms with Crippen LogP contribution in [0.15, 0.2) is 36.4 Å². The van der Waals surface area contributed by atoms with Crippen LogP contribution in [0, 0.1) is 5.92 Å². The first-order valence-electron chi connectivity index (χ1n) is 11.8.